The van der Waals surface area contributed by atoms with Crippen LogP contribution in [0.4, 0.5) is 0 Å². The first-order chi connectivity index (χ1) is 9.13. The first-order valence-electron chi connectivity index (χ1n) is 6.73. The highest BCUT2D eigenvalue weighted by Gasteiger charge is 2.35. The van der Waals surface area contributed by atoms with Crippen molar-refractivity contribution in [3.8, 4) is 0 Å². The van der Waals surface area contributed by atoms with Crippen molar-refractivity contribution in [3.63, 3.8) is 0 Å². The first-order valence-corrected chi connectivity index (χ1v) is 6.73. The normalized spacial score (nSPS) is 24.8. The quantitative estimate of drug-likeness (QED) is 0.856. The number of hydrogen-bond acceptors (Lipinski definition) is 4. The standard InChI is InChI=1S/C14H22N4O/c1-11-9-18(10-12-4-3-7-16-8-12)13(5-6-15)14(19)17(11)2/h3-4,7-8,11,13H,5-6,9-10,15H2,1-2H3. The number of carbonyl (C=O) groups is 1. The average molecular weight is 262 g/mol. The van der Waals surface area contributed by atoms with Gasteiger partial charge in [-0.15, -0.1) is 0 Å². The molecule has 2 rings (SSSR count). The number of rotatable bonds is 4. The fourth-order valence-electron chi connectivity index (χ4n) is 2.56. The van der Waals surface area contributed by atoms with Gasteiger partial charge in [-0.2, -0.15) is 0 Å². The van der Waals surface area contributed by atoms with Crippen LogP contribution in [0.3, 0.4) is 0 Å². The van der Waals surface area contributed by atoms with Crippen LogP contribution in [0.5, 0.6) is 0 Å². The molecule has 1 aromatic rings. The molecule has 0 radical (unpaired) electrons. The summed E-state index contributed by atoms with van der Waals surface area (Å²) in [6.07, 6.45) is 4.32. The van der Waals surface area contributed by atoms with Crippen molar-refractivity contribution < 1.29 is 4.79 Å². The zero-order valence-corrected chi connectivity index (χ0v) is 11.6. The molecule has 19 heavy (non-hydrogen) atoms. The molecular formula is C14H22N4O. The Morgan fingerprint density at radius 3 is 2.95 bits per heavy atom. The van der Waals surface area contributed by atoms with E-state index in [2.05, 4.69) is 16.8 Å². The van der Waals surface area contributed by atoms with E-state index in [-0.39, 0.29) is 18.0 Å². The predicted octanol–water partition coefficient (Wildman–Crippen LogP) is 0.462. The molecule has 0 bridgehead atoms. The summed E-state index contributed by atoms with van der Waals surface area (Å²) < 4.78 is 0. The van der Waals surface area contributed by atoms with Crippen LogP contribution < -0.4 is 5.73 Å². The molecule has 2 N–H and O–H groups in total. The van der Waals surface area contributed by atoms with Gasteiger partial charge in [-0.25, -0.2) is 0 Å². The molecule has 2 atom stereocenters. The van der Waals surface area contributed by atoms with E-state index in [9.17, 15) is 4.79 Å². The van der Waals surface area contributed by atoms with E-state index < -0.39 is 0 Å². The van der Waals surface area contributed by atoms with Crippen molar-refractivity contribution >= 4 is 5.91 Å². The molecule has 1 aliphatic heterocycles. The minimum Gasteiger partial charge on any atom is -0.340 e. The van der Waals surface area contributed by atoms with Gasteiger partial charge in [0.15, 0.2) is 0 Å². The van der Waals surface area contributed by atoms with Crippen LogP contribution in [0, 0.1) is 0 Å². The Labute approximate surface area is 114 Å². The van der Waals surface area contributed by atoms with Gasteiger partial charge >= 0.3 is 0 Å². The van der Waals surface area contributed by atoms with Gasteiger partial charge in [0, 0.05) is 38.6 Å². The average Bonchev–Trinajstić information content (AvgIpc) is 2.42. The highest BCUT2D eigenvalue weighted by molar-refractivity contribution is 5.82. The summed E-state index contributed by atoms with van der Waals surface area (Å²) in [5.74, 6) is 0.174. The molecule has 104 valence electrons. The van der Waals surface area contributed by atoms with Crippen LogP contribution >= 0.6 is 0 Å². The van der Waals surface area contributed by atoms with Gasteiger partial charge in [0.1, 0.15) is 0 Å². The van der Waals surface area contributed by atoms with Crippen molar-refractivity contribution in [3.05, 3.63) is 30.1 Å². The van der Waals surface area contributed by atoms with Gasteiger partial charge in [0.25, 0.3) is 0 Å². The summed E-state index contributed by atoms with van der Waals surface area (Å²) in [5, 5.41) is 0. The lowest BCUT2D eigenvalue weighted by Crippen LogP contribution is -2.59. The highest BCUT2D eigenvalue weighted by atomic mass is 16.2. The van der Waals surface area contributed by atoms with Gasteiger partial charge in [-0.05, 0) is 31.5 Å². The number of hydrogen-bond donors (Lipinski definition) is 1. The minimum atomic E-state index is -0.105. The van der Waals surface area contributed by atoms with Crippen LogP contribution in [-0.4, -0.2) is 52.9 Å². The molecule has 0 aliphatic carbocycles. The Bertz CT molecular complexity index is 423. The molecule has 5 nitrogen and oxygen atoms in total. The third-order valence-electron chi connectivity index (χ3n) is 3.78. The van der Waals surface area contributed by atoms with E-state index in [1.54, 1.807) is 6.20 Å². The van der Waals surface area contributed by atoms with Crippen LogP contribution in [0.1, 0.15) is 18.9 Å². The van der Waals surface area contributed by atoms with Crippen LogP contribution in [-0.2, 0) is 11.3 Å². The smallest absolute Gasteiger partial charge is 0.240 e. The van der Waals surface area contributed by atoms with E-state index in [0.717, 1.165) is 18.7 Å². The van der Waals surface area contributed by atoms with Gasteiger partial charge < -0.3 is 10.6 Å². The monoisotopic (exact) mass is 262 g/mol. The number of carbonyl (C=O) groups excluding carboxylic acids is 1. The van der Waals surface area contributed by atoms with Crippen molar-refractivity contribution in [2.24, 2.45) is 5.73 Å². The lowest BCUT2D eigenvalue weighted by atomic mass is 10.0. The first kappa shape index (κ1) is 14.0. The molecule has 1 aliphatic rings. The molecule has 0 aromatic carbocycles. The SMILES string of the molecule is CC1CN(Cc2cccnc2)C(CCN)C(=O)N1C. The number of nitrogens with two attached hydrogens (primary N) is 1. The van der Waals surface area contributed by atoms with E-state index in [1.165, 1.54) is 0 Å². The zero-order chi connectivity index (χ0) is 13.8. The molecule has 1 amide bonds. The van der Waals surface area contributed by atoms with E-state index in [0.29, 0.717) is 13.0 Å². The lowest BCUT2D eigenvalue weighted by Gasteiger charge is -2.43. The maximum absolute atomic E-state index is 12.3. The van der Waals surface area contributed by atoms with Crippen molar-refractivity contribution in [1.29, 1.82) is 0 Å². The molecule has 1 saturated heterocycles. The van der Waals surface area contributed by atoms with E-state index in [4.69, 9.17) is 5.73 Å². The van der Waals surface area contributed by atoms with Crippen LogP contribution in [0.25, 0.3) is 0 Å². The molecule has 1 fully saturated rings. The van der Waals surface area contributed by atoms with Crippen LogP contribution in [0.2, 0.25) is 0 Å². The maximum Gasteiger partial charge on any atom is 0.240 e. The second-order valence-electron chi connectivity index (χ2n) is 5.18. The predicted molar refractivity (Wildman–Crippen MR) is 74.3 cm³/mol. The lowest BCUT2D eigenvalue weighted by molar-refractivity contribution is -0.144. The van der Waals surface area contributed by atoms with Gasteiger partial charge in [0.2, 0.25) is 5.91 Å². The summed E-state index contributed by atoms with van der Waals surface area (Å²) in [5.41, 5.74) is 6.78. The third kappa shape index (κ3) is 3.11. The molecule has 0 saturated carbocycles. The zero-order valence-electron chi connectivity index (χ0n) is 11.6. The molecule has 5 heteroatoms. The molecule has 1 aromatic heterocycles. The number of nitrogens with zero attached hydrogens (tertiary/aromatic N) is 3. The Morgan fingerprint density at radius 2 is 2.32 bits per heavy atom. The number of piperazine rings is 1. The van der Waals surface area contributed by atoms with Crippen molar-refractivity contribution in [2.75, 3.05) is 20.1 Å². The fraction of sp³-hybridized carbons (Fsp3) is 0.571. The minimum absolute atomic E-state index is 0.105. The topological polar surface area (TPSA) is 62.5 Å². The van der Waals surface area contributed by atoms with E-state index >= 15 is 0 Å². The largest absolute Gasteiger partial charge is 0.340 e. The number of likely N-dealkylation sites (N-methyl/N-ethyl adjacent to an activating group) is 1. The third-order valence-corrected chi connectivity index (χ3v) is 3.78. The number of pyridine rings is 1. The summed E-state index contributed by atoms with van der Waals surface area (Å²) in [4.78, 5) is 20.5. The maximum atomic E-state index is 12.3. The summed E-state index contributed by atoms with van der Waals surface area (Å²) >= 11 is 0. The number of aromatic nitrogens is 1. The second-order valence-corrected chi connectivity index (χ2v) is 5.18. The summed E-state index contributed by atoms with van der Waals surface area (Å²) in [7, 11) is 1.87. The van der Waals surface area contributed by atoms with Crippen molar-refractivity contribution in [2.45, 2.75) is 32.0 Å². The van der Waals surface area contributed by atoms with Gasteiger partial charge in [0.05, 0.1) is 6.04 Å². The van der Waals surface area contributed by atoms with E-state index in [1.807, 2.05) is 30.3 Å². The number of amides is 1. The molecule has 2 heterocycles. The summed E-state index contributed by atoms with van der Waals surface area (Å²) in [6, 6.07) is 4.10. The molecular weight excluding hydrogens is 240 g/mol. The van der Waals surface area contributed by atoms with Gasteiger partial charge in [-0.3, -0.25) is 14.7 Å². The Balaban J connectivity index is 2.14. The van der Waals surface area contributed by atoms with Crippen molar-refractivity contribution in [1.82, 2.24) is 14.8 Å². The highest BCUT2D eigenvalue weighted by Crippen LogP contribution is 2.19. The fourth-order valence-corrected chi connectivity index (χ4v) is 2.56. The summed E-state index contributed by atoms with van der Waals surface area (Å²) in [6.45, 7) is 4.24. The molecule has 0 spiro atoms. The Morgan fingerprint density at radius 1 is 1.53 bits per heavy atom. The van der Waals surface area contributed by atoms with Gasteiger partial charge in [-0.1, -0.05) is 6.07 Å². The van der Waals surface area contributed by atoms with Crippen LogP contribution in [0.15, 0.2) is 24.5 Å². The Hall–Kier alpha value is -1.46. The molecule has 2 unspecified atom stereocenters. The Kier molecular flexibility index (Phi) is 4.50. The second kappa shape index (κ2) is 6.12.